The molecule has 1 rings (SSSR count). The number of nitrogens with zero attached hydrogens (tertiary/aromatic N) is 1. The van der Waals surface area contributed by atoms with Gasteiger partial charge in [-0.2, -0.15) is 0 Å². The van der Waals surface area contributed by atoms with Crippen LogP contribution in [0, 0.1) is 0 Å². The lowest BCUT2D eigenvalue weighted by Gasteiger charge is -2.10. The second-order valence-corrected chi connectivity index (χ2v) is 5.49. The van der Waals surface area contributed by atoms with Crippen LogP contribution in [-0.2, 0) is 0 Å². The van der Waals surface area contributed by atoms with E-state index in [9.17, 15) is 0 Å². The molecule has 3 heteroatoms. The smallest absolute Gasteiger partial charge is 0.0175 e. The zero-order chi connectivity index (χ0) is 11.3. The minimum absolute atomic E-state index is 1.00. The highest BCUT2D eigenvalue weighted by Crippen LogP contribution is 2.23. The summed E-state index contributed by atoms with van der Waals surface area (Å²) in [5.74, 6) is 0. The predicted molar refractivity (Wildman–Crippen MR) is 79.3 cm³/mol. The first-order valence-corrected chi connectivity index (χ1v) is 6.80. The number of likely N-dealkylation sites (N-methyl/N-ethyl adjacent to an activating group) is 1. The zero-order valence-electron chi connectivity index (χ0n) is 9.00. The van der Waals surface area contributed by atoms with E-state index in [1.54, 1.807) is 0 Å². The van der Waals surface area contributed by atoms with Crippen LogP contribution in [0.5, 0.6) is 0 Å². The van der Waals surface area contributed by atoms with E-state index in [0.29, 0.717) is 0 Å². The van der Waals surface area contributed by atoms with Crippen LogP contribution in [0.15, 0.2) is 34.8 Å². The molecule has 0 atom stereocenters. The molecule has 0 radical (unpaired) electrons. The monoisotopic (exact) mass is 379 g/mol. The molecule has 0 heterocycles. The molecule has 1 nitrogen and oxygen atoms in total. The molecule has 1 aromatic rings. The first-order valence-electron chi connectivity index (χ1n) is 4.93. The molecule has 0 aliphatic carbocycles. The SMILES string of the molecule is CCN(C)C/C=C(\I)c1ccc(Br)cc1. The summed E-state index contributed by atoms with van der Waals surface area (Å²) in [6.07, 6.45) is 2.26. The van der Waals surface area contributed by atoms with E-state index in [2.05, 4.69) is 87.7 Å². The Labute approximate surface area is 114 Å². The Balaban J connectivity index is 2.67. The van der Waals surface area contributed by atoms with Crippen molar-refractivity contribution in [1.29, 1.82) is 0 Å². The number of benzene rings is 1. The second-order valence-electron chi connectivity index (χ2n) is 3.41. The van der Waals surface area contributed by atoms with Gasteiger partial charge in [-0.3, -0.25) is 0 Å². The van der Waals surface area contributed by atoms with Crippen molar-refractivity contribution in [3.63, 3.8) is 0 Å². The van der Waals surface area contributed by atoms with E-state index in [-0.39, 0.29) is 0 Å². The third-order valence-corrected chi connectivity index (χ3v) is 3.83. The second kappa shape index (κ2) is 6.66. The predicted octanol–water partition coefficient (Wildman–Crippen LogP) is 4.18. The van der Waals surface area contributed by atoms with Crippen molar-refractivity contribution in [1.82, 2.24) is 4.90 Å². The lowest BCUT2D eigenvalue weighted by atomic mass is 10.2. The normalized spacial score (nSPS) is 12.2. The Morgan fingerprint density at radius 3 is 2.53 bits per heavy atom. The van der Waals surface area contributed by atoms with Crippen LogP contribution in [0.2, 0.25) is 0 Å². The highest BCUT2D eigenvalue weighted by Gasteiger charge is 1.97. The molecule has 0 aliphatic rings. The summed E-state index contributed by atoms with van der Waals surface area (Å²) in [4.78, 5) is 2.28. The van der Waals surface area contributed by atoms with Gasteiger partial charge >= 0.3 is 0 Å². The van der Waals surface area contributed by atoms with Gasteiger partial charge in [0.15, 0.2) is 0 Å². The maximum absolute atomic E-state index is 3.44. The molecule has 1 aromatic carbocycles. The average Bonchev–Trinajstić information content (AvgIpc) is 2.26. The number of hydrogen-bond acceptors (Lipinski definition) is 1. The lowest BCUT2D eigenvalue weighted by Crippen LogP contribution is -2.17. The standard InChI is InChI=1S/C12H15BrIN/c1-3-15(2)9-8-12(14)10-4-6-11(13)7-5-10/h4-8H,3,9H2,1-2H3/b12-8-. The Morgan fingerprint density at radius 2 is 2.00 bits per heavy atom. The van der Waals surface area contributed by atoms with E-state index < -0.39 is 0 Å². The van der Waals surface area contributed by atoms with E-state index in [1.807, 2.05) is 0 Å². The molecule has 0 aromatic heterocycles. The van der Waals surface area contributed by atoms with E-state index in [4.69, 9.17) is 0 Å². The lowest BCUT2D eigenvalue weighted by molar-refractivity contribution is 0.393. The maximum Gasteiger partial charge on any atom is 0.0175 e. The van der Waals surface area contributed by atoms with Gasteiger partial charge in [-0.05, 0) is 53.9 Å². The van der Waals surface area contributed by atoms with Crippen LogP contribution in [0.25, 0.3) is 3.58 Å². The van der Waals surface area contributed by atoms with Gasteiger partial charge in [0, 0.05) is 14.6 Å². The van der Waals surface area contributed by atoms with E-state index in [1.165, 1.54) is 9.14 Å². The maximum atomic E-state index is 3.44. The quantitative estimate of drug-likeness (QED) is 0.709. The van der Waals surface area contributed by atoms with Gasteiger partial charge in [-0.1, -0.05) is 41.1 Å². The summed E-state index contributed by atoms with van der Waals surface area (Å²) in [5.41, 5.74) is 1.28. The first kappa shape index (κ1) is 13.2. The summed E-state index contributed by atoms with van der Waals surface area (Å²) in [6.45, 7) is 4.26. The summed E-state index contributed by atoms with van der Waals surface area (Å²) in [7, 11) is 2.13. The fraction of sp³-hybridized carbons (Fsp3) is 0.333. The zero-order valence-corrected chi connectivity index (χ0v) is 12.7. The minimum Gasteiger partial charge on any atom is -0.303 e. The van der Waals surface area contributed by atoms with Crippen molar-refractivity contribution in [3.05, 3.63) is 40.4 Å². The van der Waals surface area contributed by atoms with Crippen LogP contribution in [0.3, 0.4) is 0 Å². The molecule has 0 saturated heterocycles. The molecular weight excluding hydrogens is 365 g/mol. The molecule has 0 fully saturated rings. The molecule has 0 unspecified atom stereocenters. The van der Waals surface area contributed by atoms with Crippen LogP contribution in [-0.4, -0.2) is 25.0 Å². The Kier molecular flexibility index (Phi) is 5.86. The molecule has 0 amide bonds. The van der Waals surface area contributed by atoms with Crippen LogP contribution >= 0.6 is 38.5 Å². The summed E-state index contributed by atoms with van der Waals surface area (Å²) < 4.78 is 2.43. The van der Waals surface area contributed by atoms with Crippen molar-refractivity contribution in [2.24, 2.45) is 0 Å². The first-order chi connectivity index (χ1) is 7.13. The summed E-state index contributed by atoms with van der Waals surface area (Å²) >= 11 is 5.83. The fourth-order valence-electron chi connectivity index (χ4n) is 1.09. The van der Waals surface area contributed by atoms with Crippen molar-refractivity contribution in [2.45, 2.75) is 6.92 Å². The molecule has 0 spiro atoms. The average molecular weight is 380 g/mol. The Hall–Kier alpha value is 0.130. The number of rotatable bonds is 4. The molecule has 0 N–H and O–H groups in total. The molecule has 0 aliphatic heterocycles. The van der Waals surface area contributed by atoms with Gasteiger partial charge < -0.3 is 4.90 Å². The number of hydrogen-bond donors (Lipinski definition) is 0. The molecular formula is C12H15BrIN. The molecule has 82 valence electrons. The summed E-state index contributed by atoms with van der Waals surface area (Å²) in [6, 6.07) is 8.42. The van der Waals surface area contributed by atoms with Gasteiger partial charge in [0.25, 0.3) is 0 Å². The van der Waals surface area contributed by atoms with Crippen LogP contribution < -0.4 is 0 Å². The van der Waals surface area contributed by atoms with Crippen molar-refractivity contribution < 1.29 is 0 Å². The highest BCUT2D eigenvalue weighted by atomic mass is 127. The summed E-state index contributed by atoms with van der Waals surface area (Å²) in [5, 5.41) is 0. The molecule has 0 saturated carbocycles. The van der Waals surface area contributed by atoms with Crippen molar-refractivity contribution in [2.75, 3.05) is 20.1 Å². The van der Waals surface area contributed by atoms with Crippen LogP contribution in [0.4, 0.5) is 0 Å². The van der Waals surface area contributed by atoms with Gasteiger partial charge in [0.05, 0.1) is 0 Å². The third kappa shape index (κ3) is 4.66. The van der Waals surface area contributed by atoms with E-state index in [0.717, 1.165) is 17.6 Å². The molecule has 0 bridgehead atoms. The van der Waals surface area contributed by atoms with E-state index >= 15 is 0 Å². The Bertz CT molecular complexity index is 332. The Morgan fingerprint density at radius 1 is 1.40 bits per heavy atom. The van der Waals surface area contributed by atoms with Crippen LogP contribution in [0.1, 0.15) is 12.5 Å². The molecule has 15 heavy (non-hydrogen) atoms. The number of halogens is 2. The van der Waals surface area contributed by atoms with Crippen molar-refractivity contribution in [3.8, 4) is 0 Å². The van der Waals surface area contributed by atoms with Gasteiger partial charge in [-0.25, -0.2) is 0 Å². The van der Waals surface area contributed by atoms with Gasteiger partial charge in [0.2, 0.25) is 0 Å². The minimum atomic E-state index is 1.00. The van der Waals surface area contributed by atoms with Gasteiger partial charge in [-0.15, -0.1) is 0 Å². The largest absolute Gasteiger partial charge is 0.303 e. The highest BCUT2D eigenvalue weighted by molar-refractivity contribution is 14.1. The third-order valence-electron chi connectivity index (χ3n) is 2.24. The fourth-order valence-corrected chi connectivity index (χ4v) is 1.91. The van der Waals surface area contributed by atoms with Gasteiger partial charge in [0.1, 0.15) is 0 Å². The topological polar surface area (TPSA) is 3.24 Å². The van der Waals surface area contributed by atoms with Crippen molar-refractivity contribution >= 4 is 42.1 Å².